The van der Waals surface area contributed by atoms with Crippen LogP contribution in [0.15, 0.2) is 36.7 Å². The quantitative estimate of drug-likeness (QED) is 0.823. The topological polar surface area (TPSA) is 68.2 Å². The molecule has 2 N–H and O–H groups in total. The fourth-order valence-corrected chi connectivity index (χ4v) is 3.40. The summed E-state index contributed by atoms with van der Waals surface area (Å²) in [4.78, 5) is 12.7. The van der Waals surface area contributed by atoms with Crippen LogP contribution in [0.2, 0.25) is 5.02 Å². The predicted molar refractivity (Wildman–Crippen MR) is 96.5 cm³/mol. The number of nitrogens with zero attached hydrogens (tertiary/aromatic N) is 2. The van der Waals surface area contributed by atoms with Gasteiger partial charge in [-0.2, -0.15) is 5.10 Å². The second-order valence-corrected chi connectivity index (χ2v) is 6.78. The monoisotopic (exact) mass is 362 g/mol. The Labute approximate surface area is 152 Å². The molecule has 25 heavy (non-hydrogen) atoms. The van der Waals surface area contributed by atoms with E-state index >= 15 is 0 Å². The summed E-state index contributed by atoms with van der Waals surface area (Å²) < 4.78 is 7.29. The summed E-state index contributed by atoms with van der Waals surface area (Å²) in [7, 11) is 3.53. The third-order valence-corrected chi connectivity index (χ3v) is 4.94. The molecule has 134 valence electrons. The smallest absolute Gasteiger partial charge is 0.225 e. The van der Waals surface area contributed by atoms with Gasteiger partial charge < -0.3 is 15.4 Å². The maximum absolute atomic E-state index is 12.7. The average Bonchev–Trinajstić information content (AvgIpc) is 3.25. The molecule has 1 fully saturated rings. The van der Waals surface area contributed by atoms with E-state index in [1.165, 1.54) is 0 Å². The maximum atomic E-state index is 12.7. The Bertz CT molecular complexity index is 716. The van der Waals surface area contributed by atoms with Crippen molar-refractivity contribution in [2.45, 2.75) is 12.0 Å². The van der Waals surface area contributed by atoms with Gasteiger partial charge in [0.25, 0.3) is 0 Å². The van der Waals surface area contributed by atoms with Crippen molar-refractivity contribution in [3.05, 3.63) is 52.8 Å². The molecule has 1 aliphatic heterocycles. The number of halogens is 1. The molecule has 2 heterocycles. The standard InChI is InChI=1S/C18H23ClN4O2/c1-23-11-13(7-22-23)15-8-20-9-16(15)18(24)21-10-17(25-2)12-3-5-14(19)6-4-12/h3-7,11,15-17,20H,8-10H2,1-2H3,(H,21,24)/t15-,16+,17?/m1/s1. The zero-order chi connectivity index (χ0) is 17.8. The fourth-order valence-electron chi connectivity index (χ4n) is 3.28. The Hall–Kier alpha value is -1.89. The van der Waals surface area contributed by atoms with Crippen molar-refractivity contribution in [1.82, 2.24) is 20.4 Å². The number of hydrogen-bond donors (Lipinski definition) is 2. The summed E-state index contributed by atoms with van der Waals surface area (Å²) in [5, 5.41) is 11.2. The summed E-state index contributed by atoms with van der Waals surface area (Å²) in [5.74, 6) is 0.0759. The summed E-state index contributed by atoms with van der Waals surface area (Å²) in [5.41, 5.74) is 2.08. The Morgan fingerprint density at radius 1 is 1.44 bits per heavy atom. The van der Waals surface area contributed by atoms with E-state index in [9.17, 15) is 4.79 Å². The molecule has 0 saturated carbocycles. The molecule has 1 aromatic carbocycles. The van der Waals surface area contributed by atoms with Crippen molar-refractivity contribution in [1.29, 1.82) is 0 Å². The number of ether oxygens (including phenoxy) is 1. The molecule has 1 aliphatic rings. The molecule has 1 unspecified atom stereocenters. The van der Waals surface area contributed by atoms with Crippen LogP contribution in [0.4, 0.5) is 0 Å². The number of hydrogen-bond acceptors (Lipinski definition) is 4. The zero-order valence-electron chi connectivity index (χ0n) is 14.4. The van der Waals surface area contributed by atoms with Crippen LogP contribution in [0, 0.1) is 5.92 Å². The lowest BCUT2D eigenvalue weighted by Crippen LogP contribution is -2.37. The molecular formula is C18H23ClN4O2. The van der Waals surface area contributed by atoms with Crippen molar-refractivity contribution in [3.63, 3.8) is 0 Å². The highest BCUT2D eigenvalue weighted by Crippen LogP contribution is 2.28. The number of carbonyl (C=O) groups excluding carboxylic acids is 1. The normalized spacial score (nSPS) is 21.2. The van der Waals surface area contributed by atoms with Gasteiger partial charge >= 0.3 is 0 Å². The van der Waals surface area contributed by atoms with Crippen LogP contribution in [0.5, 0.6) is 0 Å². The highest BCUT2D eigenvalue weighted by atomic mass is 35.5. The predicted octanol–water partition coefficient (Wildman–Crippen LogP) is 1.88. The van der Waals surface area contributed by atoms with E-state index in [2.05, 4.69) is 15.7 Å². The van der Waals surface area contributed by atoms with E-state index in [-0.39, 0.29) is 23.8 Å². The third kappa shape index (κ3) is 4.21. The average molecular weight is 363 g/mol. The van der Waals surface area contributed by atoms with E-state index in [4.69, 9.17) is 16.3 Å². The number of nitrogens with one attached hydrogen (secondary N) is 2. The lowest BCUT2D eigenvalue weighted by Gasteiger charge is -2.20. The fraction of sp³-hybridized carbons (Fsp3) is 0.444. The Morgan fingerprint density at radius 2 is 2.20 bits per heavy atom. The van der Waals surface area contributed by atoms with Gasteiger partial charge in [-0.1, -0.05) is 23.7 Å². The molecule has 6 nitrogen and oxygen atoms in total. The van der Waals surface area contributed by atoms with Gasteiger partial charge in [-0.15, -0.1) is 0 Å². The van der Waals surface area contributed by atoms with Gasteiger partial charge in [0.2, 0.25) is 5.91 Å². The van der Waals surface area contributed by atoms with Gasteiger partial charge in [-0.25, -0.2) is 0 Å². The molecule has 3 atom stereocenters. The maximum Gasteiger partial charge on any atom is 0.225 e. The van der Waals surface area contributed by atoms with Crippen molar-refractivity contribution < 1.29 is 9.53 Å². The van der Waals surface area contributed by atoms with Gasteiger partial charge in [0.15, 0.2) is 0 Å². The summed E-state index contributed by atoms with van der Waals surface area (Å²) >= 11 is 5.92. The number of carbonyl (C=O) groups is 1. The molecule has 0 radical (unpaired) electrons. The third-order valence-electron chi connectivity index (χ3n) is 4.69. The highest BCUT2D eigenvalue weighted by Gasteiger charge is 2.34. The second kappa shape index (κ2) is 7.99. The van der Waals surface area contributed by atoms with Crippen LogP contribution in [-0.4, -0.2) is 42.4 Å². The van der Waals surface area contributed by atoms with Gasteiger partial charge in [-0.3, -0.25) is 9.48 Å². The highest BCUT2D eigenvalue weighted by molar-refractivity contribution is 6.30. The van der Waals surface area contributed by atoms with E-state index in [0.717, 1.165) is 17.7 Å². The first-order chi connectivity index (χ1) is 12.1. The summed E-state index contributed by atoms with van der Waals surface area (Å²) in [6, 6.07) is 7.48. The van der Waals surface area contributed by atoms with Crippen LogP contribution in [0.1, 0.15) is 23.1 Å². The second-order valence-electron chi connectivity index (χ2n) is 6.34. The van der Waals surface area contributed by atoms with Crippen molar-refractivity contribution >= 4 is 17.5 Å². The number of aryl methyl sites for hydroxylation is 1. The molecular weight excluding hydrogens is 340 g/mol. The molecule has 0 bridgehead atoms. The zero-order valence-corrected chi connectivity index (χ0v) is 15.2. The number of benzene rings is 1. The SMILES string of the molecule is COC(CNC(=O)[C@H]1CNC[C@@H]1c1cnn(C)c1)c1ccc(Cl)cc1. The van der Waals surface area contributed by atoms with Crippen LogP contribution >= 0.6 is 11.6 Å². The molecule has 0 aliphatic carbocycles. The lowest BCUT2D eigenvalue weighted by molar-refractivity contribution is -0.125. The van der Waals surface area contributed by atoms with E-state index < -0.39 is 0 Å². The molecule has 2 aromatic rings. The molecule has 3 rings (SSSR count). The number of methoxy groups -OCH3 is 1. The summed E-state index contributed by atoms with van der Waals surface area (Å²) in [6.07, 6.45) is 3.61. The Kier molecular flexibility index (Phi) is 5.73. The van der Waals surface area contributed by atoms with Crippen LogP contribution in [0.25, 0.3) is 0 Å². The minimum Gasteiger partial charge on any atom is -0.375 e. The number of amides is 1. The lowest BCUT2D eigenvalue weighted by atomic mass is 9.90. The van der Waals surface area contributed by atoms with E-state index in [1.807, 2.05) is 43.7 Å². The van der Waals surface area contributed by atoms with Crippen LogP contribution in [-0.2, 0) is 16.6 Å². The van der Waals surface area contributed by atoms with E-state index in [0.29, 0.717) is 18.1 Å². The molecule has 7 heteroatoms. The number of aromatic nitrogens is 2. The van der Waals surface area contributed by atoms with Crippen LogP contribution in [0.3, 0.4) is 0 Å². The van der Waals surface area contributed by atoms with Crippen LogP contribution < -0.4 is 10.6 Å². The summed E-state index contributed by atoms with van der Waals surface area (Å²) in [6.45, 7) is 1.88. The number of rotatable bonds is 6. The molecule has 0 spiro atoms. The van der Waals surface area contributed by atoms with Crippen molar-refractivity contribution in [2.24, 2.45) is 13.0 Å². The minimum absolute atomic E-state index is 0.0369. The Morgan fingerprint density at radius 3 is 2.84 bits per heavy atom. The first-order valence-electron chi connectivity index (χ1n) is 8.33. The Balaban J connectivity index is 1.61. The molecule has 1 saturated heterocycles. The van der Waals surface area contributed by atoms with Gasteiger partial charge in [0, 0.05) is 50.9 Å². The first kappa shape index (κ1) is 17.9. The van der Waals surface area contributed by atoms with Gasteiger partial charge in [0.05, 0.1) is 18.2 Å². The van der Waals surface area contributed by atoms with Gasteiger partial charge in [0.1, 0.15) is 0 Å². The van der Waals surface area contributed by atoms with Gasteiger partial charge in [-0.05, 0) is 23.3 Å². The molecule has 1 aromatic heterocycles. The first-order valence-corrected chi connectivity index (χ1v) is 8.71. The largest absolute Gasteiger partial charge is 0.375 e. The van der Waals surface area contributed by atoms with E-state index in [1.54, 1.807) is 11.8 Å². The van der Waals surface area contributed by atoms with Crippen molar-refractivity contribution in [2.75, 3.05) is 26.7 Å². The van der Waals surface area contributed by atoms with Crippen molar-refractivity contribution in [3.8, 4) is 0 Å². The minimum atomic E-state index is -0.201. The molecule has 1 amide bonds.